The zero-order chi connectivity index (χ0) is 14.8. The Morgan fingerprint density at radius 1 is 1.10 bits per heavy atom. The first-order valence-corrected chi connectivity index (χ1v) is 9.19. The second-order valence-corrected chi connectivity index (χ2v) is 9.10. The van der Waals surface area contributed by atoms with Gasteiger partial charge in [0.1, 0.15) is 0 Å². The summed E-state index contributed by atoms with van der Waals surface area (Å²) in [5, 5.41) is 0. The van der Waals surface area contributed by atoms with E-state index in [1.54, 1.807) is 0 Å². The van der Waals surface area contributed by atoms with Gasteiger partial charge in [0, 0.05) is 5.92 Å². The van der Waals surface area contributed by atoms with Gasteiger partial charge >= 0.3 is 0 Å². The lowest BCUT2D eigenvalue weighted by atomic mass is 9.47. The van der Waals surface area contributed by atoms with Crippen LogP contribution in [0.15, 0.2) is 11.6 Å². The van der Waals surface area contributed by atoms with Crippen LogP contribution < -0.4 is 0 Å². The molecule has 4 rings (SSSR count). The minimum absolute atomic E-state index is 0.245. The third kappa shape index (κ3) is 1.85. The molecule has 0 aromatic heterocycles. The number of rotatable bonds is 0. The molecule has 0 aromatic carbocycles. The zero-order valence-electron chi connectivity index (χ0n) is 14.0. The van der Waals surface area contributed by atoms with E-state index in [0.29, 0.717) is 16.6 Å². The topological polar surface area (TPSA) is 17.1 Å². The first-order valence-electron chi connectivity index (χ1n) is 9.19. The molecule has 0 amide bonds. The smallest absolute Gasteiger partial charge is 0.158 e. The van der Waals surface area contributed by atoms with Crippen molar-refractivity contribution in [2.24, 2.45) is 34.5 Å². The van der Waals surface area contributed by atoms with E-state index in [9.17, 15) is 4.79 Å². The number of carbonyl (C=O) groups is 1. The van der Waals surface area contributed by atoms with Crippen LogP contribution in [-0.2, 0) is 4.79 Å². The zero-order valence-corrected chi connectivity index (χ0v) is 14.0. The normalized spacial score (nSPS) is 52.7. The first-order chi connectivity index (χ1) is 9.94. The summed E-state index contributed by atoms with van der Waals surface area (Å²) in [6, 6.07) is 0. The number of carbonyl (C=O) groups excluding carboxylic acids is 1. The minimum atomic E-state index is 0.245. The van der Waals surface area contributed by atoms with Crippen molar-refractivity contribution in [1.82, 2.24) is 0 Å². The molecule has 0 radical (unpaired) electrons. The van der Waals surface area contributed by atoms with Crippen LogP contribution in [0.4, 0.5) is 0 Å². The standard InChI is InChI=1S/C20H30O/c1-13-12-20(3)14(11-18(13)21)6-7-15-16-5-4-9-19(16,2)10-8-17(15)20/h11,13,15-17H,4-10,12H2,1-3H3/t13?,15-,16-,17+,19-,20-/m0/s1. The van der Waals surface area contributed by atoms with Crippen LogP contribution in [0.3, 0.4) is 0 Å². The van der Waals surface area contributed by atoms with Crippen molar-refractivity contribution in [3.63, 3.8) is 0 Å². The molecule has 4 aliphatic carbocycles. The molecule has 116 valence electrons. The number of hydrogen-bond acceptors (Lipinski definition) is 1. The second kappa shape index (κ2) is 4.46. The number of fused-ring (bicyclic) bond motifs is 5. The Morgan fingerprint density at radius 2 is 1.90 bits per heavy atom. The summed E-state index contributed by atoms with van der Waals surface area (Å²) >= 11 is 0. The lowest BCUT2D eigenvalue weighted by molar-refractivity contribution is -0.121. The summed E-state index contributed by atoms with van der Waals surface area (Å²) in [7, 11) is 0. The Kier molecular flexibility index (Phi) is 2.98. The van der Waals surface area contributed by atoms with E-state index in [0.717, 1.165) is 24.2 Å². The van der Waals surface area contributed by atoms with Crippen LogP contribution in [0.2, 0.25) is 0 Å². The largest absolute Gasteiger partial charge is 0.295 e. The van der Waals surface area contributed by atoms with E-state index in [4.69, 9.17) is 0 Å². The SMILES string of the molecule is CC1C[C@@]2(C)C(=CC1=O)CC[C@@H]1[C@H]2CC[C@]2(C)CCC[C@@H]12. The van der Waals surface area contributed by atoms with Crippen LogP contribution >= 0.6 is 0 Å². The fourth-order valence-electron chi connectivity index (χ4n) is 6.89. The third-order valence-corrected chi connectivity index (χ3v) is 8.05. The highest BCUT2D eigenvalue weighted by atomic mass is 16.1. The molecule has 21 heavy (non-hydrogen) atoms. The van der Waals surface area contributed by atoms with Crippen molar-refractivity contribution in [2.45, 2.75) is 72.1 Å². The van der Waals surface area contributed by atoms with Crippen molar-refractivity contribution < 1.29 is 4.79 Å². The number of allylic oxidation sites excluding steroid dienone is 1. The molecule has 6 atom stereocenters. The van der Waals surface area contributed by atoms with E-state index < -0.39 is 0 Å². The van der Waals surface area contributed by atoms with Gasteiger partial charge in [-0.3, -0.25) is 4.79 Å². The summed E-state index contributed by atoms with van der Waals surface area (Å²) in [5.74, 6) is 3.40. The minimum Gasteiger partial charge on any atom is -0.295 e. The maximum absolute atomic E-state index is 12.1. The molecular formula is C20H30O. The molecular weight excluding hydrogens is 256 g/mol. The molecule has 1 unspecified atom stereocenters. The van der Waals surface area contributed by atoms with E-state index in [-0.39, 0.29) is 5.92 Å². The Morgan fingerprint density at radius 3 is 2.71 bits per heavy atom. The molecule has 0 spiro atoms. The predicted molar refractivity (Wildman–Crippen MR) is 85.9 cm³/mol. The fraction of sp³-hybridized carbons (Fsp3) is 0.850. The number of hydrogen-bond donors (Lipinski definition) is 0. The van der Waals surface area contributed by atoms with Crippen molar-refractivity contribution in [3.05, 3.63) is 11.6 Å². The monoisotopic (exact) mass is 286 g/mol. The van der Waals surface area contributed by atoms with E-state index in [1.165, 1.54) is 50.5 Å². The highest BCUT2D eigenvalue weighted by Crippen LogP contribution is 2.65. The first kappa shape index (κ1) is 14.0. The fourth-order valence-corrected chi connectivity index (χ4v) is 6.89. The van der Waals surface area contributed by atoms with Crippen LogP contribution in [0.25, 0.3) is 0 Å². The summed E-state index contributed by atoms with van der Waals surface area (Å²) in [4.78, 5) is 12.1. The van der Waals surface area contributed by atoms with E-state index in [2.05, 4.69) is 20.8 Å². The second-order valence-electron chi connectivity index (χ2n) is 9.10. The quantitative estimate of drug-likeness (QED) is 0.601. The average molecular weight is 286 g/mol. The van der Waals surface area contributed by atoms with Gasteiger partial charge in [-0.1, -0.05) is 32.8 Å². The molecule has 1 heteroatoms. The van der Waals surface area contributed by atoms with Gasteiger partial charge in [-0.25, -0.2) is 0 Å². The van der Waals surface area contributed by atoms with Crippen molar-refractivity contribution in [1.29, 1.82) is 0 Å². The van der Waals surface area contributed by atoms with Crippen LogP contribution in [-0.4, -0.2) is 5.78 Å². The Labute approximate surface area is 129 Å². The average Bonchev–Trinajstić information content (AvgIpc) is 2.82. The van der Waals surface area contributed by atoms with Crippen LogP contribution in [0.1, 0.15) is 72.1 Å². The van der Waals surface area contributed by atoms with Gasteiger partial charge in [-0.2, -0.15) is 0 Å². The molecule has 0 aromatic rings. The van der Waals surface area contributed by atoms with Gasteiger partial charge in [0.25, 0.3) is 0 Å². The van der Waals surface area contributed by atoms with Gasteiger partial charge in [0.05, 0.1) is 0 Å². The van der Waals surface area contributed by atoms with Gasteiger partial charge in [-0.15, -0.1) is 0 Å². The maximum atomic E-state index is 12.1. The van der Waals surface area contributed by atoms with Gasteiger partial charge in [0.2, 0.25) is 0 Å². The van der Waals surface area contributed by atoms with Crippen LogP contribution in [0, 0.1) is 34.5 Å². The summed E-state index contributed by atoms with van der Waals surface area (Å²) in [6.45, 7) is 7.21. The Hall–Kier alpha value is -0.590. The summed E-state index contributed by atoms with van der Waals surface area (Å²) in [6.07, 6.45) is 13.0. The third-order valence-electron chi connectivity index (χ3n) is 8.05. The van der Waals surface area contributed by atoms with Gasteiger partial charge in [0.15, 0.2) is 5.78 Å². The van der Waals surface area contributed by atoms with Crippen molar-refractivity contribution in [2.75, 3.05) is 0 Å². The number of ketones is 1. The van der Waals surface area contributed by atoms with Gasteiger partial charge in [-0.05, 0) is 79.6 Å². The molecule has 0 heterocycles. The van der Waals surface area contributed by atoms with Crippen LogP contribution in [0.5, 0.6) is 0 Å². The van der Waals surface area contributed by atoms with Gasteiger partial charge < -0.3 is 0 Å². The highest BCUT2D eigenvalue weighted by Gasteiger charge is 2.56. The van der Waals surface area contributed by atoms with E-state index in [1.807, 2.05) is 6.08 Å². The Bertz CT molecular complexity index is 504. The van der Waals surface area contributed by atoms with E-state index >= 15 is 0 Å². The molecule has 0 N–H and O–H groups in total. The lowest BCUT2D eigenvalue weighted by Gasteiger charge is -2.58. The molecule has 1 nitrogen and oxygen atoms in total. The molecule has 3 saturated carbocycles. The van der Waals surface area contributed by atoms with Crippen molar-refractivity contribution >= 4 is 5.78 Å². The molecule has 0 aliphatic heterocycles. The summed E-state index contributed by atoms with van der Waals surface area (Å²) in [5.41, 5.74) is 2.49. The molecule has 4 aliphatic rings. The summed E-state index contributed by atoms with van der Waals surface area (Å²) < 4.78 is 0. The maximum Gasteiger partial charge on any atom is 0.158 e. The Balaban J connectivity index is 1.70. The predicted octanol–water partition coefficient (Wildman–Crippen LogP) is 5.15. The molecule has 0 bridgehead atoms. The molecule has 3 fully saturated rings. The molecule has 0 saturated heterocycles. The highest BCUT2D eigenvalue weighted by molar-refractivity contribution is 5.93. The lowest BCUT2D eigenvalue weighted by Crippen LogP contribution is -2.50. The van der Waals surface area contributed by atoms with Crippen molar-refractivity contribution in [3.8, 4) is 0 Å².